The molecule has 1 unspecified atom stereocenters. The van der Waals surface area contributed by atoms with Crippen molar-refractivity contribution in [2.24, 2.45) is 0 Å². The highest BCUT2D eigenvalue weighted by Gasteiger charge is 2.43. The smallest absolute Gasteiger partial charge is 0.410 e. The molecular weight excluding hydrogens is 381 g/mol. The van der Waals surface area contributed by atoms with Crippen molar-refractivity contribution >= 4 is 29.3 Å². The molecule has 1 saturated heterocycles. The van der Waals surface area contributed by atoms with Crippen LogP contribution in [0, 0.1) is 0 Å². The average molecular weight is 406 g/mol. The molecule has 1 aromatic carbocycles. The lowest BCUT2D eigenvalue weighted by molar-refractivity contribution is -0.00625. The molecule has 2 rings (SSSR count). The molecule has 0 aliphatic carbocycles. The summed E-state index contributed by atoms with van der Waals surface area (Å²) in [7, 11) is 1.53. The van der Waals surface area contributed by atoms with Gasteiger partial charge in [-0.25, -0.2) is 4.79 Å². The molecule has 3 atom stereocenters. The summed E-state index contributed by atoms with van der Waals surface area (Å²) < 4.78 is 10.8. The Kier molecular flexibility index (Phi) is 6.66. The predicted molar refractivity (Wildman–Crippen MR) is 100 cm³/mol. The topological polar surface area (TPSA) is 79.2 Å². The van der Waals surface area contributed by atoms with Gasteiger partial charge in [-0.3, -0.25) is 0 Å². The molecule has 0 radical (unpaired) electrons. The summed E-state index contributed by atoms with van der Waals surface area (Å²) in [6.07, 6.45) is -1.23. The van der Waals surface area contributed by atoms with Crippen LogP contribution in [0.2, 0.25) is 10.0 Å². The second kappa shape index (κ2) is 8.21. The van der Waals surface area contributed by atoms with Crippen LogP contribution in [0.15, 0.2) is 12.1 Å². The van der Waals surface area contributed by atoms with Crippen LogP contribution in [0.3, 0.4) is 0 Å². The molecule has 1 fully saturated rings. The molecule has 1 amide bonds. The first-order valence-electron chi connectivity index (χ1n) is 8.39. The second-order valence-corrected chi connectivity index (χ2v) is 8.15. The molecule has 0 spiro atoms. The molecule has 1 aliphatic heterocycles. The van der Waals surface area contributed by atoms with E-state index in [0.717, 1.165) is 0 Å². The minimum atomic E-state index is -1.09. The van der Waals surface area contributed by atoms with Gasteiger partial charge in [-0.2, -0.15) is 0 Å². The number of hydrogen-bond donors (Lipinski definition) is 2. The SMILES string of the molecule is COc1ccc(Cl)c(Cl)c1[C@H]1C[C@@H](C(O)CO)N(C(=O)OC(C)(C)C)C1. The zero-order valence-corrected chi connectivity index (χ0v) is 16.8. The van der Waals surface area contributed by atoms with Crippen LogP contribution in [-0.4, -0.2) is 59.2 Å². The molecule has 0 aromatic heterocycles. The lowest BCUT2D eigenvalue weighted by Crippen LogP contribution is -2.46. The lowest BCUT2D eigenvalue weighted by Gasteiger charge is -2.30. The number of nitrogens with zero attached hydrogens (tertiary/aromatic N) is 1. The van der Waals surface area contributed by atoms with Gasteiger partial charge in [0.25, 0.3) is 0 Å². The predicted octanol–water partition coefficient (Wildman–Crippen LogP) is 3.45. The third-order valence-corrected chi connectivity index (χ3v) is 5.14. The van der Waals surface area contributed by atoms with Crippen molar-refractivity contribution in [2.75, 3.05) is 20.3 Å². The largest absolute Gasteiger partial charge is 0.496 e. The number of hydrogen-bond acceptors (Lipinski definition) is 5. The summed E-state index contributed by atoms with van der Waals surface area (Å²) in [4.78, 5) is 14.0. The Morgan fingerprint density at radius 3 is 2.58 bits per heavy atom. The Morgan fingerprint density at radius 2 is 2.04 bits per heavy atom. The van der Waals surface area contributed by atoms with Gasteiger partial charge in [0.1, 0.15) is 11.4 Å². The van der Waals surface area contributed by atoms with Crippen LogP contribution in [0.1, 0.15) is 38.7 Å². The molecule has 0 bridgehead atoms. The van der Waals surface area contributed by atoms with Crippen LogP contribution in [0.4, 0.5) is 4.79 Å². The molecule has 6 nitrogen and oxygen atoms in total. The van der Waals surface area contributed by atoms with Gasteiger partial charge in [0.15, 0.2) is 0 Å². The highest BCUT2D eigenvalue weighted by atomic mass is 35.5. The standard InChI is InChI=1S/C18H25Cl2NO5/c1-18(2,3)26-17(24)21-8-10(7-12(21)13(23)9-22)15-14(25-4)6-5-11(19)16(15)20/h5-6,10,12-13,22-23H,7-9H2,1-4H3/t10-,12-,13?/m0/s1. The van der Waals surface area contributed by atoms with Crippen LogP contribution >= 0.6 is 23.2 Å². The van der Waals surface area contributed by atoms with E-state index in [0.29, 0.717) is 27.8 Å². The van der Waals surface area contributed by atoms with Crippen molar-refractivity contribution in [1.82, 2.24) is 4.90 Å². The molecular formula is C18H25Cl2NO5. The minimum Gasteiger partial charge on any atom is -0.496 e. The summed E-state index contributed by atoms with van der Waals surface area (Å²) in [5.74, 6) is 0.350. The molecule has 26 heavy (non-hydrogen) atoms. The van der Waals surface area contributed by atoms with E-state index >= 15 is 0 Å². The molecule has 0 saturated carbocycles. The Bertz CT molecular complexity index is 662. The summed E-state index contributed by atoms with van der Waals surface area (Å²) in [5, 5.41) is 20.3. The van der Waals surface area contributed by atoms with Crippen LogP contribution in [0.25, 0.3) is 0 Å². The number of carbonyl (C=O) groups is 1. The second-order valence-electron chi connectivity index (χ2n) is 7.36. The van der Waals surface area contributed by atoms with Gasteiger partial charge < -0.3 is 24.6 Å². The molecule has 146 valence electrons. The molecule has 1 heterocycles. The van der Waals surface area contributed by atoms with E-state index in [-0.39, 0.29) is 12.5 Å². The summed E-state index contributed by atoms with van der Waals surface area (Å²) in [6.45, 7) is 5.12. The first-order chi connectivity index (χ1) is 12.1. The fraction of sp³-hybridized carbons (Fsp3) is 0.611. The highest BCUT2D eigenvalue weighted by molar-refractivity contribution is 6.42. The van der Waals surface area contributed by atoms with Gasteiger partial charge in [-0.1, -0.05) is 23.2 Å². The number of benzene rings is 1. The highest BCUT2D eigenvalue weighted by Crippen LogP contribution is 2.44. The normalized spacial score (nSPS) is 21.6. The molecule has 2 N–H and O–H groups in total. The fourth-order valence-corrected chi connectivity index (χ4v) is 3.67. The quantitative estimate of drug-likeness (QED) is 0.801. The number of aliphatic hydroxyl groups excluding tert-OH is 2. The van der Waals surface area contributed by atoms with E-state index in [2.05, 4.69) is 0 Å². The number of carbonyl (C=O) groups excluding carboxylic acids is 1. The number of methoxy groups -OCH3 is 1. The first-order valence-corrected chi connectivity index (χ1v) is 9.15. The number of aliphatic hydroxyl groups is 2. The van der Waals surface area contributed by atoms with Gasteiger partial charge in [-0.05, 0) is 39.3 Å². The fourth-order valence-electron chi connectivity index (χ4n) is 3.20. The Hall–Kier alpha value is -1.21. The van der Waals surface area contributed by atoms with E-state index in [9.17, 15) is 15.0 Å². The van der Waals surface area contributed by atoms with E-state index in [1.165, 1.54) is 12.0 Å². The first kappa shape index (κ1) is 21.1. The molecule has 8 heteroatoms. The maximum atomic E-state index is 12.6. The van der Waals surface area contributed by atoms with E-state index < -0.39 is 30.4 Å². The van der Waals surface area contributed by atoms with Crippen molar-refractivity contribution in [3.63, 3.8) is 0 Å². The van der Waals surface area contributed by atoms with Crippen molar-refractivity contribution in [1.29, 1.82) is 0 Å². The van der Waals surface area contributed by atoms with Gasteiger partial charge >= 0.3 is 6.09 Å². The average Bonchev–Trinajstić information content (AvgIpc) is 2.99. The van der Waals surface area contributed by atoms with Gasteiger partial charge in [0, 0.05) is 18.0 Å². The third kappa shape index (κ3) is 4.55. The van der Waals surface area contributed by atoms with E-state index in [4.69, 9.17) is 32.7 Å². The Labute approximate surface area is 163 Å². The molecule has 1 aliphatic rings. The van der Waals surface area contributed by atoms with Crippen LogP contribution in [-0.2, 0) is 4.74 Å². The van der Waals surface area contributed by atoms with E-state index in [1.54, 1.807) is 32.9 Å². The molecule has 1 aromatic rings. The minimum absolute atomic E-state index is 0.213. The zero-order chi connectivity index (χ0) is 19.6. The van der Waals surface area contributed by atoms with Crippen LogP contribution in [0.5, 0.6) is 5.75 Å². The monoisotopic (exact) mass is 405 g/mol. The number of ether oxygens (including phenoxy) is 2. The summed E-state index contributed by atoms with van der Waals surface area (Å²) in [5.41, 5.74) is 0.0119. The third-order valence-electron chi connectivity index (χ3n) is 4.32. The number of likely N-dealkylation sites (tertiary alicyclic amines) is 1. The Morgan fingerprint density at radius 1 is 1.38 bits per heavy atom. The van der Waals surface area contributed by atoms with E-state index in [1.807, 2.05) is 0 Å². The summed E-state index contributed by atoms with van der Waals surface area (Å²) >= 11 is 12.5. The number of amides is 1. The number of rotatable bonds is 4. The Balaban J connectivity index is 2.37. The van der Waals surface area contributed by atoms with Crippen molar-refractivity contribution < 1.29 is 24.5 Å². The maximum Gasteiger partial charge on any atom is 0.410 e. The van der Waals surface area contributed by atoms with Crippen molar-refractivity contribution in [3.8, 4) is 5.75 Å². The van der Waals surface area contributed by atoms with Crippen molar-refractivity contribution in [2.45, 2.75) is 50.9 Å². The lowest BCUT2D eigenvalue weighted by atomic mass is 9.94. The van der Waals surface area contributed by atoms with Gasteiger partial charge in [0.05, 0.1) is 35.9 Å². The van der Waals surface area contributed by atoms with Gasteiger partial charge in [0.2, 0.25) is 0 Å². The van der Waals surface area contributed by atoms with Crippen molar-refractivity contribution in [3.05, 3.63) is 27.7 Å². The zero-order valence-electron chi connectivity index (χ0n) is 15.3. The maximum absolute atomic E-state index is 12.6. The van der Waals surface area contributed by atoms with Gasteiger partial charge in [-0.15, -0.1) is 0 Å². The van der Waals surface area contributed by atoms with Crippen LogP contribution < -0.4 is 4.74 Å². The number of halogens is 2. The summed E-state index contributed by atoms with van der Waals surface area (Å²) in [6, 6.07) is 2.77.